The highest BCUT2D eigenvalue weighted by molar-refractivity contribution is 6.10. The van der Waals surface area contributed by atoms with E-state index in [0.717, 1.165) is 11.0 Å². The van der Waals surface area contributed by atoms with Crippen molar-refractivity contribution in [1.82, 2.24) is 15.2 Å². The van der Waals surface area contributed by atoms with Crippen LogP contribution in [0.2, 0.25) is 0 Å². The number of hydrogen-bond donors (Lipinski definition) is 2. The molecule has 2 aromatic rings. The molecule has 29 heavy (non-hydrogen) atoms. The second kappa shape index (κ2) is 7.54. The molecule has 1 saturated heterocycles. The third kappa shape index (κ3) is 3.70. The molecule has 150 valence electrons. The average molecular weight is 399 g/mol. The van der Waals surface area contributed by atoms with Gasteiger partial charge in [0, 0.05) is 12.3 Å². The first-order valence-corrected chi connectivity index (χ1v) is 8.44. The van der Waals surface area contributed by atoms with Crippen LogP contribution in [-0.2, 0) is 15.1 Å². The van der Waals surface area contributed by atoms with Crippen LogP contribution in [0, 0.1) is 10.1 Å². The fourth-order valence-electron chi connectivity index (χ4n) is 2.90. The minimum Gasteiger partial charge on any atom is -0.494 e. The second-order valence-electron chi connectivity index (χ2n) is 6.35. The van der Waals surface area contributed by atoms with E-state index in [2.05, 4.69) is 15.6 Å². The van der Waals surface area contributed by atoms with Crippen molar-refractivity contribution in [3.63, 3.8) is 0 Å². The van der Waals surface area contributed by atoms with Gasteiger partial charge in [0.2, 0.25) is 5.91 Å². The summed E-state index contributed by atoms with van der Waals surface area (Å²) in [6.07, 6.45) is 1.50. The summed E-state index contributed by atoms with van der Waals surface area (Å²) in [6.45, 7) is 0.958. The van der Waals surface area contributed by atoms with Gasteiger partial charge in [-0.15, -0.1) is 0 Å². The van der Waals surface area contributed by atoms with Crippen LogP contribution < -0.4 is 15.4 Å². The van der Waals surface area contributed by atoms with Crippen LogP contribution in [0.25, 0.3) is 0 Å². The maximum atomic E-state index is 12.8. The van der Waals surface area contributed by atoms with E-state index in [1.54, 1.807) is 18.2 Å². The van der Waals surface area contributed by atoms with E-state index in [0.29, 0.717) is 5.69 Å². The van der Waals surface area contributed by atoms with Crippen LogP contribution in [0.4, 0.5) is 16.2 Å². The summed E-state index contributed by atoms with van der Waals surface area (Å²) in [5.74, 6) is -1.22. The molecule has 2 heterocycles. The van der Waals surface area contributed by atoms with Gasteiger partial charge >= 0.3 is 6.03 Å². The van der Waals surface area contributed by atoms with Crippen LogP contribution in [0.5, 0.6) is 5.75 Å². The fraction of sp³-hybridized carbons (Fsp3) is 0.222. The van der Waals surface area contributed by atoms with Crippen molar-refractivity contribution in [2.45, 2.75) is 12.5 Å². The Morgan fingerprint density at radius 3 is 2.72 bits per heavy atom. The summed E-state index contributed by atoms with van der Waals surface area (Å²) in [6, 6.07) is 7.89. The Kier molecular flexibility index (Phi) is 5.13. The highest BCUT2D eigenvalue weighted by Crippen LogP contribution is 2.30. The number of aromatic nitrogens is 1. The van der Waals surface area contributed by atoms with Gasteiger partial charge in [-0.25, -0.2) is 4.79 Å². The number of carbonyl (C=O) groups is 3. The molecule has 11 nitrogen and oxygen atoms in total. The van der Waals surface area contributed by atoms with Crippen LogP contribution in [0.1, 0.15) is 12.6 Å². The van der Waals surface area contributed by atoms with Crippen molar-refractivity contribution in [3.05, 3.63) is 58.4 Å². The van der Waals surface area contributed by atoms with Crippen molar-refractivity contribution in [1.29, 1.82) is 0 Å². The summed E-state index contributed by atoms with van der Waals surface area (Å²) in [7, 11) is 1.30. The number of amides is 4. The molecule has 11 heteroatoms. The summed E-state index contributed by atoms with van der Waals surface area (Å²) >= 11 is 0. The highest BCUT2D eigenvalue weighted by atomic mass is 16.6. The first kappa shape index (κ1) is 19.7. The third-order valence-corrected chi connectivity index (χ3v) is 4.42. The molecule has 0 aliphatic carbocycles. The van der Waals surface area contributed by atoms with Gasteiger partial charge in [0.25, 0.3) is 11.6 Å². The minimum absolute atomic E-state index is 0.0723. The van der Waals surface area contributed by atoms with E-state index in [9.17, 15) is 24.5 Å². The second-order valence-corrected chi connectivity index (χ2v) is 6.35. The predicted molar refractivity (Wildman–Crippen MR) is 100 cm³/mol. The molecular formula is C18H17N5O6. The Morgan fingerprint density at radius 1 is 1.34 bits per heavy atom. The SMILES string of the molecule is COc1cc([N+](=O)[O-])ccc1NC(=O)CN1C(=O)NC(C)(c2ccccn2)C1=O. The number of anilines is 1. The number of hydrogen-bond acceptors (Lipinski definition) is 7. The molecule has 1 unspecified atom stereocenters. The number of rotatable bonds is 6. The van der Waals surface area contributed by atoms with Crippen molar-refractivity contribution >= 4 is 29.2 Å². The number of carbonyl (C=O) groups excluding carboxylic acids is 3. The zero-order chi connectivity index (χ0) is 21.2. The molecule has 4 amide bonds. The Labute approximate surface area is 164 Å². The first-order chi connectivity index (χ1) is 13.8. The maximum absolute atomic E-state index is 12.8. The van der Waals surface area contributed by atoms with Crippen molar-refractivity contribution in [2.75, 3.05) is 19.0 Å². The molecule has 0 saturated carbocycles. The summed E-state index contributed by atoms with van der Waals surface area (Å²) in [5, 5.41) is 15.9. The Bertz CT molecular complexity index is 995. The maximum Gasteiger partial charge on any atom is 0.325 e. The average Bonchev–Trinajstić information content (AvgIpc) is 2.92. The van der Waals surface area contributed by atoms with E-state index in [4.69, 9.17) is 4.74 Å². The van der Waals surface area contributed by atoms with Crippen LogP contribution in [0.3, 0.4) is 0 Å². The van der Waals surface area contributed by atoms with E-state index in [1.165, 1.54) is 32.4 Å². The lowest BCUT2D eigenvalue weighted by Crippen LogP contribution is -2.42. The number of non-ortho nitro benzene ring substituents is 1. The van der Waals surface area contributed by atoms with E-state index >= 15 is 0 Å². The largest absolute Gasteiger partial charge is 0.494 e. The van der Waals surface area contributed by atoms with Crippen LogP contribution in [0.15, 0.2) is 42.6 Å². The standard InChI is InChI=1S/C18H17N5O6/c1-18(14-5-3-4-8-19-14)16(25)22(17(26)21-18)10-15(24)20-12-7-6-11(23(27)28)9-13(12)29-2/h3-9H,10H2,1-2H3,(H,20,24)(H,21,26). The van der Waals surface area contributed by atoms with Crippen LogP contribution in [-0.4, -0.2) is 46.3 Å². The van der Waals surface area contributed by atoms with Crippen molar-refractivity contribution < 1.29 is 24.0 Å². The molecule has 2 N–H and O–H groups in total. The van der Waals surface area contributed by atoms with Gasteiger partial charge < -0.3 is 15.4 Å². The number of nitro groups is 1. The lowest BCUT2D eigenvalue weighted by atomic mass is 9.97. The monoisotopic (exact) mass is 399 g/mol. The van der Waals surface area contributed by atoms with Crippen molar-refractivity contribution in [3.8, 4) is 5.75 Å². The molecular weight excluding hydrogens is 382 g/mol. The number of ether oxygens (including phenoxy) is 1. The Balaban J connectivity index is 1.75. The number of benzene rings is 1. The lowest BCUT2D eigenvalue weighted by Gasteiger charge is -2.20. The Hall–Kier alpha value is -4.02. The van der Waals surface area contributed by atoms with E-state index < -0.39 is 34.9 Å². The van der Waals surface area contributed by atoms with Crippen LogP contribution >= 0.6 is 0 Å². The van der Waals surface area contributed by atoms with Gasteiger partial charge in [-0.2, -0.15) is 0 Å². The molecule has 0 spiro atoms. The highest BCUT2D eigenvalue weighted by Gasteiger charge is 2.50. The van der Waals surface area contributed by atoms with Gasteiger partial charge in [-0.05, 0) is 25.1 Å². The smallest absolute Gasteiger partial charge is 0.325 e. The molecule has 3 rings (SSSR count). The number of nitrogens with one attached hydrogen (secondary N) is 2. The topological polar surface area (TPSA) is 144 Å². The lowest BCUT2D eigenvalue weighted by molar-refractivity contribution is -0.384. The predicted octanol–water partition coefficient (Wildman–Crippen LogP) is 1.40. The van der Waals surface area contributed by atoms with Gasteiger partial charge in [-0.1, -0.05) is 6.07 Å². The molecule has 1 atom stereocenters. The zero-order valence-electron chi connectivity index (χ0n) is 15.5. The van der Waals surface area contributed by atoms with Gasteiger partial charge in [0.1, 0.15) is 12.3 Å². The molecule has 1 aromatic carbocycles. The first-order valence-electron chi connectivity index (χ1n) is 8.44. The number of methoxy groups -OCH3 is 1. The molecule has 1 fully saturated rings. The van der Waals surface area contributed by atoms with Crippen molar-refractivity contribution in [2.24, 2.45) is 0 Å². The molecule has 0 radical (unpaired) electrons. The number of pyridine rings is 1. The number of urea groups is 1. The number of imide groups is 1. The zero-order valence-corrected chi connectivity index (χ0v) is 15.5. The summed E-state index contributed by atoms with van der Waals surface area (Å²) < 4.78 is 5.05. The van der Waals surface area contributed by atoms with Gasteiger partial charge in [-0.3, -0.25) is 29.6 Å². The summed E-state index contributed by atoms with van der Waals surface area (Å²) in [5.41, 5.74) is -1.08. The molecule has 1 aliphatic heterocycles. The number of nitrogens with zero attached hydrogens (tertiary/aromatic N) is 3. The van der Waals surface area contributed by atoms with Gasteiger partial charge in [0.15, 0.2) is 5.54 Å². The molecule has 1 aromatic heterocycles. The normalized spacial score (nSPS) is 18.3. The van der Waals surface area contributed by atoms with E-state index in [1.807, 2.05) is 0 Å². The molecule has 0 bridgehead atoms. The molecule has 1 aliphatic rings. The quantitative estimate of drug-likeness (QED) is 0.424. The number of nitro benzene ring substituents is 1. The van der Waals surface area contributed by atoms with E-state index in [-0.39, 0.29) is 17.1 Å². The summed E-state index contributed by atoms with van der Waals surface area (Å²) in [4.78, 5) is 52.6. The van der Waals surface area contributed by atoms with Gasteiger partial charge in [0.05, 0.1) is 29.5 Å². The Morgan fingerprint density at radius 2 is 2.10 bits per heavy atom. The fourth-order valence-corrected chi connectivity index (χ4v) is 2.90. The minimum atomic E-state index is -1.39. The third-order valence-electron chi connectivity index (χ3n) is 4.42.